The van der Waals surface area contributed by atoms with Crippen molar-refractivity contribution in [3.63, 3.8) is 0 Å². The number of anilines is 1. The summed E-state index contributed by atoms with van der Waals surface area (Å²) in [6.45, 7) is 4.44. The molecule has 1 aromatic rings. The number of benzene rings is 1. The van der Waals surface area contributed by atoms with E-state index in [2.05, 4.69) is 21.3 Å². The van der Waals surface area contributed by atoms with Crippen LogP contribution in [-0.4, -0.2) is 72.1 Å². The zero-order valence-corrected chi connectivity index (χ0v) is 24.4. The maximum Gasteiger partial charge on any atom is 0.312 e. The van der Waals surface area contributed by atoms with Gasteiger partial charge < -0.3 is 31.7 Å². The van der Waals surface area contributed by atoms with Crippen LogP contribution in [0.25, 0.3) is 0 Å². The SMILES string of the molecule is CC(C)C(NC(=O)CCCCCN1C(=O)C=CC1=O)C(=O)N[C@@H](CCCNC(N)=O)C(=O)Nc1ccc(COC=O)cc1. The van der Waals surface area contributed by atoms with Crippen molar-refractivity contribution in [2.45, 2.75) is 71.1 Å². The number of nitrogens with two attached hydrogens (primary N) is 1. The first-order valence-electron chi connectivity index (χ1n) is 14.1. The number of primary amides is 1. The van der Waals surface area contributed by atoms with Crippen molar-refractivity contribution in [1.82, 2.24) is 20.9 Å². The number of hydrogen-bond donors (Lipinski definition) is 5. The summed E-state index contributed by atoms with van der Waals surface area (Å²) >= 11 is 0. The van der Waals surface area contributed by atoms with Crippen LogP contribution in [0.2, 0.25) is 0 Å². The minimum atomic E-state index is -0.983. The number of rotatable bonds is 19. The Hall–Kier alpha value is -4.75. The number of urea groups is 1. The van der Waals surface area contributed by atoms with Crippen LogP contribution in [0.1, 0.15) is 57.9 Å². The number of unbranched alkanes of at least 4 members (excludes halogenated alkanes) is 2. The largest absolute Gasteiger partial charge is 0.463 e. The Kier molecular flexibility index (Phi) is 14.4. The molecular formula is C29H40N6O8. The van der Waals surface area contributed by atoms with E-state index in [0.29, 0.717) is 37.8 Å². The molecule has 0 radical (unpaired) electrons. The van der Waals surface area contributed by atoms with Crippen LogP contribution >= 0.6 is 0 Å². The number of carbonyl (C=O) groups is 7. The Morgan fingerprint density at radius 3 is 2.21 bits per heavy atom. The summed E-state index contributed by atoms with van der Waals surface area (Å²) in [6.07, 6.45) is 4.78. The molecule has 0 saturated carbocycles. The maximum absolute atomic E-state index is 13.2. The van der Waals surface area contributed by atoms with Crippen molar-refractivity contribution in [2.75, 3.05) is 18.4 Å². The van der Waals surface area contributed by atoms with Gasteiger partial charge in [-0.1, -0.05) is 32.4 Å². The molecule has 1 unspecified atom stereocenters. The first kappa shape index (κ1) is 34.5. The smallest absolute Gasteiger partial charge is 0.312 e. The second-order valence-electron chi connectivity index (χ2n) is 10.3. The van der Waals surface area contributed by atoms with Gasteiger partial charge in [0, 0.05) is 37.3 Å². The van der Waals surface area contributed by atoms with Gasteiger partial charge in [0.25, 0.3) is 18.3 Å². The molecule has 0 saturated heterocycles. The van der Waals surface area contributed by atoms with Crippen molar-refractivity contribution >= 4 is 47.7 Å². The highest BCUT2D eigenvalue weighted by Gasteiger charge is 2.29. The van der Waals surface area contributed by atoms with E-state index in [1.165, 1.54) is 12.2 Å². The lowest BCUT2D eigenvalue weighted by atomic mass is 10.0. The molecule has 1 heterocycles. The van der Waals surface area contributed by atoms with E-state index >= 15 is 0 Å². The highest BCUT2D eigenvalue weighted by molar-refractivity contribution is 6.12. The van der Waals surface area contributed by atoms with E-state index < -0.39 is 29.9 Å². The highest BCUT2D eigenvalue weighted by atomic mass is 16.5. The van der Waals surface area contributed by atoms with E-state index in [1.807, 2.05) is 0 Å². The van der Waals surface area contributed by atoms with Crippen LogP contribution < -0.4 is 27.0 Å². The zero-order valence-electron chi connectivity index (χ0n) is 24.4. The van der Waals surface area contributed by atoms with Crippen LogP contribution in [0.5, 0.6) is 0 Å². The van der Waals surface area contributed by atoms with Gasteiger partial charge in [-0.15, -0.1) is 0 Å². The number of carbonyl (C=O) groups excluding carboxylic acids is 7. The molecule has 7 amide bonds. The van der Waals surface area contributed by atoms with E-state index in [9.17, 15) is 33.6 Å². The zero-order chi connectivity index (χ0) is 31.8. The maximum atomic E-state index is 13.2. The molecule has 43 heavy (non-hydrogen) atoms. The molecule has 2 atom stereocenters. The summed E-state index contributed by atoms with van der Waals surface area (Å²) in [6, 6.07) is 4.01. The Morgan fingerprint density at radius 2 is 1.60 bits per heavy atom. The van der Waals surface area contributed by atoms with E-state index in [0.717, 1.165) is 10.5 Å². The number of hydrogen-bond acceptors (Lipinski definition) is 8. The predicted octanol–water partition coefficient (Wildman–Crippen LogP) is 0.858. The van der Waals surface area contributed by atoms with Crippen LogP contribution in [0.3, 0.4) is 0 Å². The molecule has 14 nitrogen and oxygen atoms in total. The Bertz CT molecular complexity index is 1170. The van der Waals surface area contributed by atoms with Gasteiger partial charge >= 0.3 is 6.03 Å². The summed E-state index contributed by atoms with van der Waals surface area (Å²) in [7, 11) is 0. The standard InChI is InChI=1S/C29H40N6O8/c1-19(2)26(34-23(37)8-4-3-5-16-35-24(38)13-14-25(35)39)28(41)33-22(7-6-15-31-29(30)42)27(40)32-21-11-9-20(10-12-21)17-43-18-36/h9-14,18-19,22,26H,3-8,15-17H2,1-2H3,(H,32,40)(H,33,41)(H,34,37)(H3,30,31,42)/t22-,26?/m0/s1. The Balaban J connectivity index is 1.93. The number of imide groups is 1. The molecule has 1 aliphatic rings. The van der Waals surface area contributed by atoms with Crippen molar-refractivity contribution < 1.29 is 38.3 Å². The summed E-state index contributed by atoms with van der Waals surface area (Å²) in [5.41, 5.74) is 6.28. The molecule has 0 bridgehead atoms. The first-order valence-corrected chi connectivity index (χ1v) is 14.1. The molecule has 0 spiro atoms. The fraction of sp³-hybridized carbons (Fsp3) is 0.483. The lowest BCUT2D eigenvalue weighted by molar-refractivity contribution is -0.137. The topological polar surface area (TPSA) is 206 Å². The predicted molar refractivity (Wildman–Crippen MR) is 156 cm³/mol. The van der Waals surface area contributed by atoms with Gasteiger partial charge in [0.15, 0.2) is 0 Å². The summed E-state index contributed by atoms with van der Waals surface area (Å²) in [5, 5.41) is 10.6. The van der Waals surface area contributed by atoms with Gasteiger partial charge in [-0.25, -0.2) is 4.79 Å². The highest BCUT2D eigenvalue weighted by Crippen LogP contribution is 2.13. The molecule has 1 aliphatic heterocycles. The summed E-state index contributed by atoms with van der Waals surface area (Å²) in [4.78, 5) is 84.8. The number of ether oxygens (including phenoxy) is 1. The average Bonchev–Trinajstić information content (AvgIpc) is 3.28. The normalized spacial score (nSPS) is 13.8. The monoisotopic (exact) mass is 600 g/mol. The van der Waals surface area contributed by atoms with Crippen molar-refractivity contribution in [1.29, 1.82) is 0 Å². The first-order chi connectivity index (χ1) is 20.5. The summed E-state index contributed by atoms with van der Waals surface area (Å²) < 4.78 is 4.71. The Labute approximate surface area is 250 Å². The van der Waals surface area contributed by atoms with Gasteiger partial charge in [0.1, 0.15) is 18.7 Å². The third-order valence-electron chi connectivity index (χ3n) is 6.59. The molecule has 14 heteroatoms. The lowest BCUT2D eigenvalue weighted by Gasteiger charge is -2.25. The number of nitrogens with one attached hydrogen (secondary N) is 4. The van der Waals surface area contributed by atoms with E-state index in [4.69, 9.17) is 10.5 Å². The fourth-order valence-corrected chi connectivity index (χ4v) is 4.26. The molecule has 6 N–H and O–H groups in total. The van der Waals surface area contributed by atoms with Crippen LogP contribution in [0.15, 0.2) is 36.4 Å². The molecule has 0 aliphatic carbocycles. The second-order valence-corrected chi connectivity index (χ2v) is 10.3. The minimum Gasteiger partial charge on any atom is -0.463 e. The van der Waals surface area contributed by atoms with E-state index in [-0.39, 0.29) is 56.2 Å². The third kappa shape index (κ3) is 12.3. The third-order valence-corrected chi connectivity index (χ3v) is 6.59. The molecular weight excluding hydrogens is 560 g/mol. The molecule has 1 aromatic carbocycles. The average molecular weight is 601 g/mol. The minimum absolute atomic E-state index is 0.0872. The number of nitrogens with zero attached hydrogens (tertiary/aromatic N) is 1. The van der Waals surface area contributed by atoms with Crippen molar-refractivity contribution in [3.8, 4) is 0 Å². The van der Waals surface area contributed by atoms with Crippen LogP contribution in [0, 0.1) is 5.92 Å². The van der Waals surface area contributed by atoms with Crippen LogP contribution in [0.4, 0.5) is 10.5 Å². The van der Waals surface area contributed by atoms with Gasteiger partial charge in [-0.2, -0.15) is 0 Å². The molecule has 0 aromatic heterocycles. The molecule has 234 valence electrons. The van der Waals surface area contributed by atoms with Crippen molar-refractivity contribution in [3.05, 3.63) is 42.0 Å². The number of amides is 7. The van der Waals surface area contributed by atoms with Crippen molar-refractivity contribution in [2.24, 2.45) is 11.7 Å². The summed E-state index contributed by atoms with van der Waals surface area (Å²) in [5.74, 6) is -2.35. The van der Waals surface area contributed by atoms with E-state index in [1.54, 1.807) is 38.1 Å². The molecule has 2 rings (SSSR count). The molecule has 0 fully saturated rings. The van der Waals surface area contributed by atoms with Crippen LogP contribution in [-0.2, 0) is 40.1 Å². The van der Waals surface area contributed by atoms with Gasteiger partial charge in [-0.3, -0.25) is 33.7 Å². The van der Waals surface area contributed by atoms with Gasteiger partial charge in [-0.05, 0) is 49.3 Å². The van der Waals surface area contributed by atoms with Gasteiger partial charge in [0.05, 0.1) is 0 Å². The fourth-order valence-electron chi connectivity index (χ4n) is 4.26. The second kappa shape index (κ2) is 17.9. The van der Waals surface area contributed by atoms with Gasteiger partial charge in [0.2, 0.25) is 17.7 Å². The quantitative estimate of drug-likeness (QED) is 0.0872. The Morgan fingerprint density at radius 1 is 0.930 bits per heavy atom. The lowest BCUT2D eigenvalue weighted by Crippen LogP contribution is -2.54.